The van der Waals surface area contributed by atoms with Crippen molar-refractivity contribution in [3.63, 3.8) is 0 Å². The third-order valence-electron chi connectivity index (χ3n) is 4.09. The number of halogens is 2. The summed E-state index contributed by atoms with van der Waals surface area (Å²) in [5.74, 6) is -0.0335. The van der Waals surface area contributed by atoms with E-state index in [1.807, 2.05) is 6.92 Å². The minimum atomic E-state index is -0.322. The second-order valence-electron chi connectivity index (χ2n) is 5.56. The fourth-order valence-electron chi connectivity index (χ4n) is 2.47. The molecular weight excluding hydrogens is 281 g/mol. The van der Waals surface area contributed by atoms with E-state index in [1.165, 1.54) is 12.1 Å². The van der Waals surface area contributed by atoms with Crippen molar-refractivity contribution < 1.29 is 9.60 Å². The van der Waals surface area contributed by atoms with Gasteiger partial charge in [-0.15, -0.1) is 0 Å². The van der Waals surface area contributed by atoms with E-state index in [9.17, 15) is 4.39 Å². The molecule has 0 radical (unpaired) electrons. The molecule has 110 valence electrons. The van der Waals surface area contributed by atoms with Gasteiger partial charge in [0.15, 0.2) is 0 Å². The van der Waals surface area contributed by atoms with E-state index in [-0.39, 0.29) is 17.1 Å². The SMILES string of the molecule is CC1(/C(N)=N/O)CCN(Cc2ccc(F)cc2Cl)CC1. The van der Waals surface area contributed by atoms with Crippen molar-refractivity contribution in [2.45, 2.75) is 26.3 Å². The highest BCUT2D eigenvalue weighted by molar-refractivity contribution is 6.31. The Balaban J connectivity index is 1.98. The largest absolute Gasteiger partial charge is 0.409 e. The van der Waals surface area contributed by atoms with Gasteiger partial charge in [0.1, 0.15) is 11.7 Å². The van der Waals surface area contributed by atoms with Gasteiger partial charge in [0.25, 0.3) is 0 Å². The van der Waals surface area contributed by atoms with Crippen LogP contribution in [0.3, 0.4) is 0 Å². The van der Waals surface area contributed by atoms with E-state index in [4.69, 9.17) is 22.5 Å². The number of likely N-dealkylation sites (tertiary alicyclic amines) is 1. The Labute approximate surface area is 123 Å². The lowest BCUT2D eigenvalue weighted by atomic mass is 9.79. The molecule has 2 rings (SSSR count). The summed E-state index contributed by atoms with van der Waals surface area (Å²) in [6, 6.07) is 4.47. The van der Waals surface area contributed by atoms with Crippen molar-refractivity contribution in [3.8, 4) is 0 Å². The molecule has 1 aliphatic heterocycles. The fraction of sp³-hybridized carbons (Fsp3) is 0.500. The Kier molecular flexibility index (Phi) is 4.50. The summed E-state index contributed by atoms with van der Waals surface area (Å²) in [7, 11) is 0. The summed E-state index contributed by atoms with van der Waals surface area (Å²) in [6.07, 6.45) is 1.64. The van der Waals surface area contributed by atoms with E-state index >= 15 is 0 Å². The third-order valence-corrected chi connectivity index (χ3v) is 4.45. The Morgan fingerprint density at radius 3 is 2.70 bits per heavy atom. The number of amidine groups is 1. The van der Waals surface area contributed by atoms with Crippen LogP contribution in [0, 0.1) is 11.2 Å². The standard InChI is InChI=1S/C14H19ClFN3O/c1-14(13(17)18-20)4-6-19(7-5-14)9-10-2-3-11(16)8-12(10)15/h2-3,8,20H,4-7,9H2,1H3,(H2,17,18). The molecule has 1 aliphatic rings. The van der Waals surface area contributed by atoms with Crippen LogP contribution in [0.1, 0.15) is 25.3 Å². The molecule has 1 aromatic rings. The average molecular weight is 300 g/mol. The van der Waals surface area contributed by atoms with E-state index in [0.717, 1.165) is 31.5 Å². The number of oxime groups is 1. The first-order valence-electron chi connectivity index (χ1n) is 6.59. The van der Waals surface area contributed by atoms with Crippen molar-refractivity contribution in [3.05, 3.63) is 34.6 Å². The van der Waals surface area contributed by atoms with Crippen molar-refractivity contribution in [2.75, 3.05) is 13.1 Å². The molecule has 1 heterocycles. The van der Waals surface area contributed by atoms with Gasteiger partial charge >= 0.3 is 0 Å². The Bertz CT molecular complexity index is 513. The maximum Gasteiger partial charge on any atom is 0.145 e. The molecule has 0 aliphatic carbocycles. The van der Waals surface area contributed by atoms with Crippen LogP contribution in [0.4, 0.5) is 4.39 Å². The van der Waals surface area contributed by atoms with Gasteiger partial charge in [0.2, 0.25) is 0 Å². The number of hydrogen-bond donors (Lipinski definition) is 2. The van der Waals surface area contributed by atoms with Crippen LogP contribution in [-0.4, -0.2) is 29.0 Å². The van der Waals surface area contributed by atoms with E-state index in [0.29, 0.717) is 11.6 Å². The zero-order valence-electron chi connectivity index (χ0n) is 11.4. The van der Waals surface area contributed by atoms with Crippen LogP contribution >= 0.6 is 11.6 Å². The topological polar surface area (TPSA) is 61.9 Å². The number of hydrogen-bond acceptors (Lipinski definition) is 3. The summed E-state index contributed by atoms with van der Waals surface area (Å²) in [4.78, 5) is 2.24. The number of nitrogens with zero attached hydrogens (tertiary/aromatic N) is 2. The molecule has 0 saturated carbocycles. The molecule has 0 unspecified atom stereocenters. The van der Waals surface area contributed by atoms with Crippen LogP contribution in [0.25, 0.3) is 0 Å². The van der Waals surface area contributed by atoms with E-state index in [2.05, 4.69) is 10.1 Å². The first-order chi connectivity index (χ1) is 9.44. The fourth-order valence-corrected chi connectivity index (χ4v) is 2.70. The molecule has 6 heteroatoms. The molecule has 0 aromatic heterocycles. The number of rotatable bonds is 3. The summed E-state index contributed by atoms with van der Waals surface area (Å²) >= 11 is 6.04. The maximum absolute atomic E-state index is 13.0. The van der Waals surface area contributed by atoms with Gasteiger partial charge in [0, 0.05) is 17.0 Å². The minimum Gasteiger partial charge on any atom is -0.409 e. The number of benzene rings is 1. The van der Waals surface area contributed by atoms with Gasteiger partial charge in [-0.05, 0) is 43.6 Å². The Hall–Kier alpha value is -1.33. The molecule has 0 spiro atoms. The second-order valence-corrected chi connectivity index (χ2v) is 5.96. The third kappa shape index (κ3) is 3.22. The molecule has 4 nitrogen and oxygen atoms in total. The van der Waals surface area contributed by atoms with Crippen molar-refractivity contribution in [2.24, 2.45) is 16.3 Å². The lowest BCUT2D eigenvalue weighted by Crippen LogP contribution is -2.45. The van der Waals surface area contributed by atoms with Crippen LogP contribution in [0.2, 0.25) is 5.02 Å². The van der Waals surface area contributed by atoms with E-state index < -0.39 is 0 Å². The Morgan fingerprint density at radius 2 is 2.15 bits per heavy atom. The predicted octanol–water partition coefficient (Wildman–Crippen LogP) is 2.83. The van der Waals surface area contributed by atoms with Gasteiger partial charge in [-0.1, -0.05) is 29.7 Å². The monoisotopic (exact) mass is 299 g/mol. The molecule has 1 saturated heterocycles. The maximum atomic E-state index is 13.0. The summed E-state index contributed by atoms with van der Waals surface area (Å²) in [5.41, 5.74) is 6.40. The molecule has 0 bridgehead atoms. The second kappa shape index (κ2) is 5.97. The van der Waals surface area contributed by atoms with Crippen molar-refractivity contribution in [1.82, 2.24) is 4.90 Å². The van der Waals surface area contributed by atoms with Crippen molar-refractivity contribution in [1.29, 1.82) is 0 Å². The highest BCUT2D eigenvalue weighted by Crippen LogP contribution is 2.32. The van der Waals surface area contributed by atoms with Gasteiger partial charge in [0.05, 0.1) is 0 Å². The van der Waals surface area contributed by atoms with Crippen LogP contribution in [0.5, 0.6) is 0 Å². The average Bonchev–Trinajstić information content (AvgIpc) is 2.43. The van der Waals surface area contributed by atoms with Gasteiger partial charge < -0.3 is 10.9 Å². The lowest BCUT2D eigenvalue weighted by molar-refractivity contribution is 0.153. The summed E-state index contributed by atoms with van der Waals surface area (Å²) in [5, 5.41) is 12.4. The molecule has 1 aromatic carbocycles. The molecule has 0 atom stereocenters. The molecule has 3 N–H and O–H groups in total. The van der Waals surface area contributed by atoms with Crippen LogP contribution in [0.15, 0.2) is 23.4 Å². The number of piperidine rings is 1. The first kappa shape index (κ1) is 15.1. The van der Waals surface area contributed by atoms with Gasteiger partial charge in [-0.2, -0.15) is 0 Å². The lowest BCUT2D eigenvalue weighted by Gasteiger charge is -2.38. The van der Waals surface area contributed by atoms with Crippen LogP contribution in [-0.2, 0) is 6.54 Å². The zero-order valence-corrected chi connectivity index (χ0v) is 12.2. The van der Waals surface area contributed by atoms with Crippen LogP contribution < -0.4 is 5.73 Å². The zero-order chi connectivity index (χ0) is 14.8. The molecular formula is C14H19ClFN3O. The predicted molar refractivity (Wildman–Crippen MR) is 77.4 cm³/mol. The quantitative estimate of drug-likeness (QED) is 0.390. The van der Waals surface area contributed by atoms with Gasteiger partial charge in [-0.25, -0.2) is 4.39 Å². The normalized spacial score (nSPS) is 20.1. The molecule has 1 fully saturated rings. The molecule has 20 heavy (non-hydrogen) atoms. The highest BCUT2D eigenvalue weighted by atomic mass is 35.5. The van der Waals surface area contributed by atoms with E-state index in [1.54, 1.807) is 6.07 Å². The Morgan fingerprint density at radius 1 is 1.50 bits per heavy atom. The smallest absolute Gasteiger partial charge is 0.145 e. The minimum absolute atomic E-state index is 0.252. The van der Waals surface area contributed by atoms with Gasteiger partial charge in [-0.3, -0.25) is 4.90 Å². The summed E-state index contributed by atoms with van der Waals surface area (Å²) < 4.78 is 13.0. The highest BCUT2D eigenvalue weighted by Gasteiger charge is 2.34. The summed E-state index contributed by atoms with van der Waals surface area (Å²) in [6.45, 7) is 4.36. The molecule has 0 amide bonds. The first-order valence-corrected chi connectivity index (χ1v) is 6.97. The van der Waals surface area contributed by atoms with Crippen molar-refractivity contribution >= 4 is 17.4 Å². The number of nitrogens with two attached hydrogens (primary N) is 1.